The zero-order valence-corrected chi connectivity index (χ0v) is 9.03. The van der Waals surface area contributed by atoms with Gasteiger partial charge < -0.3 is 48.5 Å². The van der Waals surface area contributed by atoms with Gasteiger partial charge >= 0.3 is 0 Å². The van der Waals surface area contributed by atoms with Gasteiger partial charge in [-0.3, -0.25) is 0 Å². The second kappa shape index (κ2) is 69.3. The fraction of sp³-hybridized carbons (Fsp3) is 0. The van der Waals surface area contributed by atoms with Crippen molar-refractivity contribution in [2.75, 3.05) is 0 Å². The Balaban J connectivity index is -0.00000000214. The van der Waals surface area contributed by atoms with E-state index in [0.29, 0.717) is 0 Å². The average molecular weight is 313 g/mol. The molecule has 0 aromatic rings. The fourth-order valence-electron chi connectivity index (χ4n) is 0. The third kappa shape index (κ3) is 949. The monoisotopic (exact) mass is 313 g/mol. The molecule has 0 saturated heterocycles. The molecule has 0 aliphatic rings. The minimum atomic E-state index is -1.25. The molecule has 0 bridgehead atoms. The van der Waals surface area contributed by atoms with Crippen molar-refractivity contribution in [3.8, 4) is 0 Å². The van der Waals surface area contributed by atoms with Crippen LogP contribution in [0.3, 0.4) is 0 Å². The normalized spacial score (nSPS) is 3.27. The second-order valence-corrected chi connectivity index (χ2v) is 0.253. The van der Waals surface area contributed by atoms with Crippen LogP contribution in [-0.2, 0) is 0 Å². The molecule has 0 fully saturated rings. The van der Waals surface area contributed by atoms with Crippen molar-refractivity contribution in [3.63, 3.8) is 0 Å². The van der Waals surface area contributed by atoms with Crippen molar-refractivity contribution in [2.24, 2.45) is 0 Å². The Morgan fingerprint density at radius 3 is 0.727 bits per heavy atom. The molecule has 0 aromatic heterocycles. The average Bonchev–Trinajstić information content (AvgIpc) is 0.811. The van der Waals surface area contributed by atoms with Gasteiger partial charge in [-0.1, -0.05) is 0 Å². The van der Waals surface area contributed by atoms with Gasteiger partial charge in [-0.15, -0.1) is 5.39 Å². The molecule has 0 amide bonds. The molecular weight excluding hydrogens is 299 g/mol. The van der Waals surface area contributed by atoms with Crippen LogP contribution in [0.4, 0.5) is 0 Å². The standard InChI is InChI=1S/H2NO3.6H2O.Pr/c2-1(3)4;;;;;;;/h2-3H;6*1H2;/q-1;;;;;;;. The summed E-state index contributed by atoms with van der Waals surface area (Å²) < 4.78 is 0. The first-order chi connectivity index (χ1) is 1.73. The van der Waals surface area contributed by atoms with E-state index in [4.69, 9.17) is 15.6 Å². The molecule has 11 heteroatoms. The van der Waals surface area contributed by atoms with Crippen LogP contribution in [0.1, 0.15) is 0 Å². The minimum Gasteiger partial charge on any atom is -0.738 e. The molecule has 10 nitrogen and oxygen atoms in total. The number of hydrogen-bond acceptors (Lipinski definition) is 4. The molecule has 0 aliphatic carbocycles. The molecule has 1 radical (unpaired) electrons. The summed E-state index contributed by atoms with van der Waals surface area (Å²) >= 11 is 0. The van der Waals surface area contributed by atoms with Crippen molar-refractivity contribution < 1.29 is 84.6 Å². The molecule has 0 heterocycles. The summed E-state index contributed by atoms with van der Waals surface area (Å²) in [5.41, 5.74) is 0. The molecule has 0 spiro atoms. The Morgan fingerprint density at radius 2 is 0.727 bits per heavy atom. The molecule has 0 rings (SSSR count). The first kappa shape index (κ1) is 91.5. The van der Waals surface area contributed by atoms with Crippen LogP contribution < -0.4 is 0 Å². The minimum absolute atomic E-state index is 0. The summed E-state index contributed by atoms with van der Waals surface area (Å²) in [5, 5.41) is 21.0. The predicted molar refractivity (Wildman–Crippen MR) is 30.5 cm³/mol. The van der Waals surface area contributed by atoms with Crippen molar-refractivity contribution in [3.05, 3.63) is 5.21 Å². The van der Waals surface area contributed by atoms with E-state index >= 15 is 0 Å². The zero-order valence-electron chi connectivity index (χ0n) is 5.33. The van der Waals surface area contributed by atoms with Gasteiger partial charge in [-0.05, 0) is 0 Å². The van der Waals surface area contributed by atoms with E-state index in [9.17, 15) is 0 Å². The summed E-state index contributed by atoms with van der Waals surface area (Å²) in [6, 6.07) is 0. The van der Waals surface area contributed by atoms with Crippen LogP contribution in [0.15, 0.2) is 0 Å². The van der Waals surface area contributed by atoms with Crippen LogP contribution in [0.5, 0.6) is 0 Å². The Bertz CT molecular complexity index is 14.3. The van der Waals surface area contributed by atoms with Gasteiger partial charge in [-0.2, -0.15) is 0 Å². The second-order valence-electron chi connectivity index (χ2n) is 0.253. The van der Waals surface area contributed by atoms with Crippen LogP contribution in [0, 0.1) is 46.5 Å². The first-order valence-electron chi connectivity index (χ1n) is 0.583. The Labute approximate surface area is 94.7 Å². The summed E-state index contributed by atoms with van der Waals surface area (Å²) in [5.74, 6) is 0. The molecule has 0 saturated carbocycles. The molecule has 0 unspecified atom stereocenters. The Hall–Kier alpha value is 0.964. The van der Waals surface area contributed by atoms with E-state index in [-0.39, 0.29) is 74.1 Å². The third-order valence-corrected chi connectivity index (χ3v) is 0. The van der Waals surface area contributed by atoms with Crippen molar-refractivity contribution in [1.82, 2.24) is 5.39 Å². The molecule has 77 valence electrons. The van der Waals surface area contributed by atoms with Gasteiger partial charge in [0.25, 0.3) is 0 Å². The van der Waals surface area contributed by atoms with E-state index in [1.807, 2.05) is 0 Å². The SMILES string of the molecule is O.O.O.O.O.O.[O-]N(O)O.[Pr]. The largest absolute Gasteiger partial charge is 0.738 e. The summed E-state index contributed by atoms with van der Waals surface area (Å²) in [7, 11) is 0. The maximum Gasteiger partial charge on any atom is 0 e. The maximum atomic E-state index is 8.47. The fourth-order valence-corrected chi connectivity index (χ4v) is 0. The predicted octanol–water partition coefficient (Wildman–Crippen LogP) is -5.38. The van der Waals surface area contributed by atoms with Gasteiger partial charge in [0.2, 0.25) is 0 Å². The number of hydrogen-bond donors (Lipinski definition) is 2. The van der Waals surface area contributed by atoms with E-state index < -0.39 is 5.39 Å². The van der Waals surface area contributed by atoms with E-state index in [2.05, 4.69) is 0 Å². The van der Waals surface area contributed by atoms with Crippen LogP contribution in [0.25, 0.3) is 0 Å². The van der Waals surface area contributed by atoms with Crippen LogP contribution in [-0.4, -0.2) is 48.7 Å². The molecule has 0 aromatic carbocycles. The quantitative estimate of drug-likeness (QED) is 0.414. The molecule has 11 heavy (non-hydrogen) atoms. The molecular formula is H14NO9Pr-. The Kier molecular flexibility index (Phi) is 576. The third-order valence-electron chi connectivity index (χ3n) is 0. The van der Waals surface area contributed by atoms with Gasteiger partial charge in [0.15, 0.2) is 0 Å². The topological polar surface area (TPSA) is 256 Å². The number of rotatable bonds is 0. The Morgan fingerprint density at radius 1 is 0.727 bits per heavy atom. The molecule has 0 atom stereocenters. The van der Waals surface area contributed by atoms with Crippen molar-refractivity contribution >= 4 is 0 Å². The zero-order chi connectivity index (χ0) is 3.58. The summed E-state index contributed by atoms with van der Waals surface area (Å²) in [4.78, 5) is 0. The van der Waals surface area contributed by atoms with Crippen LogP contribution >= 0.6 is 0 Å². The van der Waals surface area contributed by atoms with Crippen molar-refractivity contribution in [1.29, 1.82) is 0 Å². The number of nitrogens with zero attached hydrogens (tertiary/aromatic N) is 1. The van der Waals surface area contributed by atoms with E-state index in [1.54, 1.807) is 0 Å². The molecule has 14 N–H and O–H groups in total. The van der Waals surface area contributed by atoms with Crippen molar-refractivity contribution in [2.45, 2.75) is 0 Å². The van der Waals surface area contributed by atoms with E-state index in [0.717, 1.165) is 0 Å². The molecule has 0 aliphatic heterocycles. The first-order valence-corrected chi connectivity index (χ1v) is 0.583. The van der Waals surface area contributed by atoms with E-state index in [1.165, 1.54) is 0 Å². The van der Waals surface area contributed by atoms with Gasteiger partial charge in [-0.25, -0.2) is 0 Å². The van der Waals surface area contributed by atoms with Gasteiger partial charge in [0.1, 0.15) is 0 Å². The summed E-state index contributed by atoms with van der Waals surface area (Å²) in [6.45, 7) is 0. The smallest absolute Gasteiger partial charge is 0 e. The van der Waals surface area contributed by atoms with Crippen LogP contribution in [0.2, 0.25) is 0 Å². The summed E-state index contributed by atoms with van der Waals surface area (Å²) in [6.07, 6.45) is 0. The van der Waals surface area contributed by atoms with Gasteiger partial charge in [0, 0.05) is 41.3 Å². The van der Waals surface area contributed by atoms with Gasteiger partial charge in [0.05, 0.1) is 0 Å². The maximum absolute atomic E-state index is 8.47.